The second kappa shape index (κ2) is 59.1. The summed E-state index contributed by atoms with van der Waals surface area (Å²) in [5.74, 6) is -0.627. The number of carbonyl (C=O) groups excluding carboxylic acids is 2. The van der Waals surface area contributed by atoms with E-state index < -0.39 is 6.10 Å². The van der Waals surface area contributed by atoms with Gasteiger partial charge in [-0.3, -0.25) is 9.59 Å². The number of esters is 2. The molecular weight excluding hydrogens is 861 g/mol. The molecule has 5 nitrogen and oxygen atoms in total. The highest BCUT2D eigenvalue weighted by atomic mass is 16.6. The maximum absolute atomic E-state index is 12.3. The molecule has 0 aromatic rings. The Kier molecular flexibility index (Phi) is 55.5. The second-order valence-electron chi connectivity index (χ2n) is 18.2. The van der Waals surface area contributed by atoms with Crippen molar-refractivity contribution in [2.45, 2.75) is 238 Å². The molecule has 1 N–H and O–H groups in total. The Hall–Kier alpha value is -4.22. The first kappa shape index (κ1) is 65.8. The third-order valence-corrected chi connectivity index (χ3v) is 11.6. The standard InChI is InChI=1S/C65H104O5/c1-3-5-7-9-11-13-15-17-19-21-23-25-27-28-29-30-31-32-33-34-35-36-38-40-42-44-46-48-50-52-54-56-58-60-65(68)70-63(61-66)62-69-64(67)59-57-55-53-51-49-47-45-43-41-39-37-26-24-22-20-18-16-14-12-10-8-6-4-2/h5-8,11-14,17-20,23-26,28-29,31-32,39,41,45,47,63,66H,3-4,9-10,15-16,21-22,27,30,33-38,40,42-44,46,48-62H2,1-2H3/b7-5-,8-6-,13-11-,14-12-,19-17-,20-18-,25-23-,26-24-,29-28-,32-31-,41-39-,47-45-. The first-order valence-electron chi connectivity index (χ1n) is 28.4. The number of aliphatic hydroxyl groups excluding tert-OH is 1. The Labute approximate surface area is 431 Å². The van der Waals surface area contributed by atoms with Gasteiger partial charge in [0, 0.05) is 12.8 Å². The molecular formula is C65H104O5. The van der Waals surface area contributed by atoms with Crippen molar-refractivity contribution in [1.82, 2.24) is 0 Å². The van der Waals surface area contributed by atoms with Crippen LogP contribution >= 0.6 is 0 Å². The van der Waals surface area contributed by atoms with Gasteiger partial charge < -0.3 is 14.6 Å². The summed E-state index contributed by atoms with van der Waals surface area (Å²) in [6.45, 7) is 3.89. The molecule has 394 valence electrons. The van der Waals surface area contributed by atoms with Crippen LogP contribution < -0.4 is 0 Å². The highest BCUT2D eigenvalue weighted by Crippen LogP contribution is 2.15. The lowest BCUT2D eigenvalue weighted by molar-refractivity contribution is -0.161. The molecule has 0 aromatic heterocycles. The zero-order valence-corrected chi connectivity index (χ0v) is 45.0. The molecule has 0 aliphatic heterocycles. The molecule has 0 rings (SSSR count). The van der Waals surface area contributed by atoms with Crippen LogP contribution in [0.15, 0.2) is 146 Å². The molecule has 0 saturated heterocycles. The summed E-state index contributed by atoms with van der Waals surface area (Å²) in [6.07, 6.45) is 89.5. The molecule has 1 atom stereocenters. The van der Waals surface area contributed by atoms with Gasteiger partial charge in [0.25, 0.3) is 0 Å². The number of hydrogen-bond donors (Lipinski definition) is 1. The largest absolute Gasteiger partial charge is 0.462 e. The number of rotatable bonds is 50. The summed E-state index contributed by atoms with van der Waals surface area (Å²) in [7, 11) is 0. The number of ether oxygens (including phenoxy) is 2. The second-order valence-corrected chi connectivity index (χ2v) is 18.2. The fraction of sp³-hybridized carbons (Fsp3) is 0.600. The van der Waals surface area contributed by atoms with Gasteiger partial charge in [0.2, 0.25) is 0 Å². The van der Waals surface area contributed by atoms with E-state index in [1.54, 1.807) is 0 Å². The number of carbonyl (C=O) groups is 2. The van der Waals surface area contributed by atoms with Crippen molar-refractivity contribution in [2.75, 3.05) is 13.2 Å². The summed E-state index contributed by atoms with van der Waals surface area (Å²) >= 11 is 0. The lowest BCUT2D eigenvalue weighted by Crippen LogP contribution is -2.28. The smallest absolute Gasteiger partial charge is 0.306 e. The number of allylic oxidation sites excluding steroid dienone is 24. The van der Waals surface area contributed by atoms with Crippen molar-refractivity contribution in [2.24, 2.45) is 0 Å². The minimum Gasteiger partial charge on any atom is -0.462 e. The maximum Gasteiger partial charge on any atom is 0.306 e. The summed E-state index contributed by atoms with van der Waals surface area (Å²) < 4.78 is 10.7. The predicted octanol–water partition coefficient (Wildman–Crippen LogP) is 19.4. The first-order valence-corrected chi connectivity index (χ1v) is 28.4. The highest BCUT2D eigenvalue weighted by Gasteiger charge is 2.16. The van der Waals surface area contributed by atoms with E-state index in [1.807, 2.05) is 0 Å². The van der Waals surface area contributed by atoms with Crippen molar-refractivity contribution >= 4 is 11.9 Å². The maximum atomic E-state index is 12.3. The SMILES string of the molecule is CC/C=C\C/C=C\C/C=C\C/C=C\C/C=C\C/C=C\CCCCCCCCCCCCCCCCC(=O)OC(CO)COC(=O)CCCCCC/C=C\C/C=C\C/C=C\C/C=C\C/C=C\C/C=C\CC. The Balaban J connectivity index is 3.58. The molecule has 0 fully saturated rings. The van der Waals surface area contributed by atoms with E-state index >= 15 is 0 Å². The fourth-order valence-corrected chi connectivity index (χ4v) is 7.44. The molecule has 0 radical (unpaired) electrons. The van der Waals surface area contributed by atoms with Gasteiger partial charge in [0.05, 0.1) is 6.61 Å². The minimum absolute atomic E-state index is 0.0878. The van der Waals surface area contributed by atoms with Crippen LogP contribution in [0.5, 0.6) is 0 Å². The van der Waals surface area contributed by atoms with E-state index in [2.05, 4.69) is 160 Å². The summed E-state index contributed by atoms with van der Waals surface area (Å²) in [6, 6.07) is 0. The predicted molar refractivity (Wildman–Crippen MR) is 306 cm³/mol. The van der Waals surface area contributed by atoms with Crippen molar-refractivity contribution < 1.29 is 24.2 Å². The summed E-state index contributed by atoms with van der Waals surface area (Å²) in [5, 5.41) is 9.65. The van der Waals surface area contributed by atoms with Crippen LogP contribution in [0.1, 0.15) is 232 Å². The average molecular weight is 966 g/mol. The Morgan fingerprint density at radius 3 is 0.857 bits per heavy atom. The molecule has 0 amide bonds. The van der Waals surface area contributed by atoms with E-state index in [4.69, 9.17) is 9.47 Å². The van der Waals surface area contributed by atoms with Crippen molar-refractivity contribution in [1.29, 1.82) is 0 Å². The first-order chi connectivity index (χ1) is 34.6. The van der Waals surface area contributed by atoms with Crippen molar-refractivity contribution in [3.05, 3.63) is 146 Å². The Bertz CT molecular complexity index is 1510. The van der Waals surface area contributed by atoms with Crippen molar-refractivity contribution in [3.8, 4) is 0 Å². The van der Waals surface area contributed by atoms with Gasteiger partial charge in [-0.05, 0) is 116 Å². The number of hydrogen-bond acceptors (Lipinski definition) is 5. The average Bonchev–Trinajstić information content (AvgIpc) is 3.36. The molecule has 0 bridgehead atoms. The van der Waals surface area contributed by atoms with Crippen LogP contribution in [0.25, 0.3) is 0 Å². The lowest BCUT2D eigenvalue weighted by Gasteiger charge is -2.15. The highest BCUT2D eigenvalue weighted by molar-refractivity contribution is 5.70. The van der Waals surface area contributed by atoms with Crippen LogP contribution in [-0.4, -0.2) is 36.4 Å². The van der Waals surface area contributed by atoms with E-state index in [1.165, 1.54) is 77.0 Å². The fourth-order valence-electron chi connectivity index (χ4n) is 7.44. The van der Waals surface area contributed by atoms with Gasteiger partial charge in [0.1, 0.15) is 6.61 Å². The van der Waals surface area contributed by atoms with Gasteiger partial charge in [-0.15, -0.1) is 0 Å². The zero-order valence-electron chi connectivity index (χ0n) is 45.0. The third kappa shape index (κ3) is 56.4. The van der Waals surface area contributed by atoms with E-state index in [9.17, 15) is 14.7 Å². The summed E-state index contributed by atoms with van der Waals surface area (Å²) in [5.41, 5.74) is 0. The quantitative estimate of drug-likeness (QED) is 0.0374. The van der Waals surface area contributed by atoms with Gasteiger partial charge in [-0.1, -0.05) is 250 Å². The summed E-state index contributed by atoms with van der Waals surface area (Å²) in [4.78, 5) is 24.5. The molecule has 0 saturated carbocycles. The third-order valence-electron chi connectivity index (χ3n) is 11.6. The van der Waals surface area contributed by atoms with Crippen LogP contribution in [0.2, 0.25) is 0 Å². The van der Waals surface area contributed by atoms with E-state index in [0.717, 1.165) is 128 Å². The topological polar surface area (TPSA) is 72.8 Å². The normalized spacial score (nSPS) is 13.4. The molecule has 0 aliphatic carbocycles. The molecule has 0 aromatic carbocycles. The van der Waals surface area contributed by atoms with Crippen LogP contribution in [0.4, 0.5) is 0 Å². The molecule has 0 heterocycles. The van der Waals surface area contributed by atoms with Gasteiger partial charge in [-0.2, -0.15) is 0 Å². The Morgan fingerprint density at radius 2 is 0.571 bits per heavy atom. The van der Waals surface area contributed by atoms with Gasteiger partial charge in [-0.25, -0.2) is 0 Å². The zero-order chi connectivity index (χ0) is 50.6. The van der Waals surface area contributed by atoms with E-state index in [-0.39, 0.29) is 25.2 Å². The molecule has 0 aliphatic rings. The van der Waals surface area contributed by atoms with E-state index in [0.29, 0.717) is 12.8 Å². The minimum atomic E-state index is -0.795. The molecule has 0 spiro atoms. The van der Waals surface area contributed by atoms with Crippen LogP contribution in [0, 0.1) is 0 Å². The van der Waals surface area contributed by atoms with Gasteiger partial charge in [0.15, 0.2) is 6.10 Å². The molecule has 1 unspecified atom stereocenters. The number of aliphatic hydroxyl groups is 1. The van der Waals surface area contributed by atoms with Crippen molar-refractivity contribution in [3.63, 3.8) is 0 Å². The lowest BCUT2D eigenvalue weighted by atomic mass is 10.0. The Morgan fingerprint density at radius 1 is 0.329 bits per heavy atom. The van der Waals surface area contributed by atoms with Crippen LogP contribution in [0.3, 0.4) is 0 Å². The molecule has 5 heteroatoms. The van der Waals surface area contributed by atoms with Gasteiger partial charge >= 0.3 is 11.9 Å². The monoisotopic (exact) mass is 965 g/mol. The van der Waals surface area contributed by atoms with Crippen LogP contribution in [-0.2, 0) is 19.1 Å². The molecule has 70 heavy (non-hydrogen) atoms. The number of unbranched alkanes of at least 4 members (excludes halogenated alkanes) is 18.